The topological polar surface area (TPSA) is 83.6 Å². The molecule has 0 radical (unpaired) electrons. The first kappa shape index (κ1) is 13.5. The monoisotopic (exact) mass is 345 g/mol. The maximum atomic E-state index is 10.6. The Morgan fingerprint density at radius 3 is 2.36 bits per heavy atom. The van der Waals surface area contributed by atoms with Crippen molar-refractivity contribution in [1.29, 1.82) is 0 Å². The third-order valence-electron chi connectivity index (χ3n) is 1.46. The van der Waals surface area contributed by atoms with E-state index in [0.717, 1.165) is 0 Å². The zero-order valence-corrected chi connectivity index (χ0v) is 10.6. The van der Waals surface area contributed by atoms with Gasteiger partial charge in [-0.05, 0) is 37.9 Å². The first-order chi connectivity index (χ1) is 5.95. The fraction of sp³-hybridized carbons (Fsp3) is 0. The number of hydrogen-bond acceptors (Lipinski definition) is 3. The predicted octanol–water partition coefficient (Wildman–Crippen LogP) is 2.62. The zero-order valence-electron chi connectivity index (χ0n) is 6.62. The second kappa shape index (κ2) is 4.86. The first-order valence-electron chi connectivity index (χ1n) is 3.15. The van der Waals surface area contributed by atoms with Crippen LogP contribution in [0.3, 0.4) is 0 Å². The number of aromatic hydroxyl groups is 1. The van der Waals surface area contributed by atoms with E-state index < -0.39 is 5.97 Å². The lowest BCUT2D eigenvalue weighted by Gasteiger charge is -2.06. The van der Waals surface area contributed by atoms with Gasteiger partial charge in [-0.2, -0.15) is 0 Å². The average Bonchev–Trinajstić information content (AvgIpc) is 2.07. The van der Waals surface area contributed by atoms with Crippen LogP contribution in [0.2, 0.25) is 0 Å². The minimum atomic E-state index is -1.18. The van der Waals surface area contributed by atoms with Crippen molar-refractivity contribution in [2.75, 3.05) is 5.73 Å². The number of hydrogen-bond donors (Lipinski definition) is 3. The molecule has 78 valence electrons. The van der Waals surface area contributed by atoms with E-state index in [2.05, 4.69) is 31.9 Å². The van der Waals surface area contributed by atoms with Gasteiger partial charge in [-0.25, -0.2) is 4.79 Å². The van der Waals surface area contributed by atoms with Crippen molar-refractivity contribution in [3.63, 3.8) is 0 Å². The number of halogens is 3. The number of phenolic OH excluding ortho intramolecular Hbond substituents is 1. The normalized spacial score (nSPS) is 9.29. The Bertz CT molecular complexity index is 384. The Hall–Kier alpha value is -0.460. The Kier molecular flexibility index (Phi) is 4.70. The molecule has 0 aliphatic rings. The third kappa shape index (κ3) is 2.31. The van der Waals surface area contributed by atoms with Crippen molar-refractivity contribution in [2.24, 2.45) is 0 Å². The minimum absolute atomic E-state index is 0. The Morgan fingerprint density at radius 1 is 1.43 bits per heavy atom. The summed E-state index contributed by atoms with van der Waals surface area (Å²) in [6.45, 7) is 0. The molecule has 0 bridgehead atoms. The highest BCUT2D eigenvalue weighted by atomic mass is 79.9. The highest BCUT2D eigenvalue weighted by Gasteiger charge is 2.16. The number of benzene rings is 1. The third-order valence-corrected chi connectivity index (χ3v) is 3.42. The lowest BCUT2D eigenvalue weighted by molar-refractivity contribution is 0.0697. The Balaban J connectivity index is 0.00000169. The van der Waals surface area contributed by atoms with Crippen molar-refractivity contribution < 1.29 is 15.0 Å². The molecule has 0 aliphatic carbocycles. The largest absolute Gasteiger partial charge is 0.505 e. The average molecular weight is 347 g/mol. The van der Waals surface area contributed by atoms with Crippen LogP contribution in [-0.4, -0.2) is 16.2 Å². The molecule has 0 atom stereocenters. The number of anilines is 1. The maximum Gasteiger partial charge on any atom is 0.337 e. The molecule has 0 unspecified atom stereocenters. The molecule has 7 heteroatoms. The standard InChI is InChI=1S/C7H5Br2NO3.ClH/c8-3-1-2(7(12)13)5(10)6(11)4(3)9;/h1,11H,10H2,(H,12,13);1H. The summed E-state index contributed by atoms with van der Waals surface area (Å²) in [4.78, 5) is 10.6. The molecule has 0 spiro atoms. The van der Waals surface area contributed by atoms with E-state index in [0.29, 0.717) is 8.95 Å². The van der Waals surface area contributed by atoms with E-state index >= 15 is 0 Å². The molecule has 0 saturated heterocycles. The van der Waals surface area contributed by atoms with Crippen LogP contribution >= 0.6 is 44.3 Å². The van der Waals surface area contributed by atoms with Gasteiger partial charge in [-0.3, -0.25) is 0 Å². The molecular formula is C7H6Br2ClNO3. The molecule has 14 heavy (non-hydrogen) atoms. The molecule has 4 nitrogen and oxygen atoms in total. The summed E-state index contributed by atoms with van der Waals surface area (Å²) >= 11 is 6.12. The van der Waals surface area contributed by atoms with Crippen LogP contribution in [0.25, 0.3) is 0 Å². The van der Waals surface area contributed by atoms with Crippen LogP contribution in [-0.2, 0) is 0 Å². The molecular weight excluding hydrogens is 341 g/mol. The van der Waals surface area contributed by atoms with Crippen molar-refractivity contribution in [3.05, 3.63) is 20.6 Å². The van der Waals surface area contributed by atoms with E-state index in [-0.39, 0.29) is 29.4 Å². The van der Waals surface area contributed by atoms with E-state index in [1.54, 1.807) is 0 Å². The van der Waals surface area contributed by atoms with Crippen LogP contribution in [0, 0.1) is 0 Å². The zero-order chi connectivity index (χ0) is 10.2. The summed E-state index contributed by atoms with van der Waals surface area (Å²) in [6, 6.07) is 1.32. The smallest absolute Gasteiger partial charge is 0.337 e. The number of nitrogen functional groups attached to an aromatic ring is 1. The lowest BCUT2D eigenvalue weighted by atomic mass is 10.2. The molecule has 0 saturated carbocycles. The van der Waals surface area contributed by atoms with E-state index in [1.807, 2.05) is 0 Å². The highest BCUT2D eigenvalue weighted by molar-refractivity contribution is 9.13. The number of rotatable bonds is 1. The number of nitrogens with two attached hydrogens (primary N) is 1. The van der Waals surface area contributed by atoms with Gasteiger partial charge in [-0.1, -0.05) is 0 Å². The summed E-state index contributed by atoms with van der Waals surface area (Å²) in [7, 11) is 0. The van der Waals surface area contributed by atoms with Gasteiger partial charge in [0.2, 0.25) is 0 Å². The van der Waals surface area contributed by atoms with Gasteiger partial charge in [0.25, 0.3) is 0 Å². The Morgan fingerprint density at radius 2 is 1.93 bits per heavy atom. The fourth-order valence-corrected chi connectivity index (χ4v) is 1.55. The highest BCUT2D eigenvalue weighted by Crippen LogP contribution is 2.38. The van der Waals surface area contributed by atoms with Crippen molar-refractivity contribution in [1.82, 2.24) is 0 Å². The summed E-state index contributed by atoms with van der Waals surface area (Å²) in [5, 5.41) is 18.0. The predicted molar refractivity (Wildman–Crippen MR) is 62.1 cm³/mol. The fourth-order valence-electron chi connectivity index (χ4n) is 0.804. The van der Waals surface area contributed by atoms with Crippen LogP contribution in [0.4, 0.5) is 5.69 Å². The number of carboxylic acid groups (broad SMARTS) is 1. The number of carboxylic acids is 1. The maximum absolute atomic E-state index is 10.6. The second-order valence-electron chi connectivity index (χ2n) is 2.29. The van der Waals surface area contributed by atoms with Gasteiger partial charge in [-0.15, -0.1) is 12.4 Å². The van der Waals surface area contributed by atoms with Crippen molar-refractivity contribution >= 4 is 55.9 Å². The number of aromatic carboxylic acids is 1. The van der Waals surface area contributed by atoms with Crippen LogP contribution in [0.1, 0.15) is 10.4 Å². The summed E-state index contributed by atoms with van der Waals surface area (Å²) in [6.07, 6.45) is 0. The number of carbonyl (C=O) groups is 1. The summed E-state index contributed by atoms with van der Waals surface area (Å²) in [5.41, 5.74) is 5.09. The van der Waals surface area contributed by atoms with E-state index in [4.69, 9.17) is 10.8 Å². The summed E-state index contributed by atoms with van der Waals surface area (Å²) in [5.74, 6) is -1.45. The van der Waals surface area contributed by atoms with Crippen LogP contribution in [0.15, 0.2) is 15.0 Å². The van der Waals surface area contributed by atoms with Gasteiger partial charge >= 0.3 is 5.97 Å². The van der Waals surface area contributed by atoms with Gasteiger partial charge in [0, 0.05) is 4.47 Å². The molecule has 1 aromatic rings. The van der Waals surface area contributed by atoms with Crippen LogP contribution in [0.5, 0.6) is 5.75 Å². The molecule has 0 fully saturated rings. The lowest BCUT2D eigenvalue weighted by Crippen LogP contribution is -2.02. The van der Waals surface area contributed by atoms with Gasteiger partial charge in [0.1, 0.15) is 0 Å². The van der Waals surface area contributed by atoms with Gasteiger partial charge in [0.15, 0.2) is 5.75 Å². The van der Waals surface area contributed by atoms with E-state index in [9.17, 15) is 9.90 Å². The molecule has 0 amide bonds. The molecule has 0 aromatic heterocycles. The van der Waals surface area contributed by atoms with Crippen LogP contribution < -0.4 is 5.73 Å². The molecule has 1 aromatic carbocycles. The SMILES string of the molecule is Cl.Nc1c(C(=O)O)cc(Br)c(Br)c1O. The number of phenols is 1. The molecule has 4 N–H and O–H groups in total. The van der Waals surface area contributed by atoms with Gasteiger partial charge in [0.05, 0.1) is 15.7 Å². The summed E-state index contributed by atoms with van der Waals surface area (Å²) < 4.78 is 0.784. The molecule has 1 rings (SSSR count). The van der Waals surface area contributed by atoms with E-state index in [1.165, 1.54) is 6.07 Å². The van der Waals surface area contributed by atoms with Gasteiger partial charge < -0.3 is 15.9 Å². The van der Waals surface area contributed by atoms with Crippen molar-refractivity contribution in [2.45, 2.75) is 0 Å². The Labute approximate surface area is 103 Å². The quantitative estimate of drug-likeness (QED) is 0.539. The van der Waals surface area contributed by atoms with Crippen molar-refractivity contribution in [3.8, 4) is 5.75 Å². The molecule has 0 aliphatic heterocycles. The molecule has 0 heterocycles. The first-order valence-corrected chi connectivity index (χ1v) is 4.73. The minimum Gasteiger partial charge on any atom is -0.505 e. The second-order valence-corrected chi connectivity index (χ2v) is 3.93.